The van der Waals surface area contributed by atoms with Crippen molar-refractivity contribution in [2.24, 2.45) is 0 Å². The third kappa shape index (κ3) is 3.88. The maximum absolute atomic E-state index is 13.3. The lowest BCUT2D eigenvalue weighted by atomic mass is 10.1. The fraction of sp³-hybridized carbons (Fsp3) is 0.333. The van der Waals surface area contributed by atoms with E-state index in [-0.39, 0.29) is 18.4 Å². The summed E-state index contributed by atoms with van der Waals surface area (Å²) >= 11 is 0. The van der Waals surface area contributed by atoms with Gasteiger partial charge in [0.15, 0.2) is 17.6 Å². The predicted octanol–water partition coefficient (Wildman–Crippen LogP) is 2.64. The molecule has 148 valence electrons. The van der Waals surface area contributed by atoms with Crippen LogP contribution in [0.2, 0.25) is 0 Å². The van der Waals surface area contributed by atoms with Gasteiger partial charge in [-0.3, -0.25) is 9.59 Å². The van der Waals surface area contributed by atoms with Crippen molar-refractivity contribution in [2.75, 3.05) is 32.2 Å². The van der Waals surface area contributed by atoms with E-state index in [9.17, 15) is 9.59 Å². The van der Waals surface area contributed by atoms with Crippen LogP contribution in [0.25, 0.3) is 0 Å². The molecule has 0 unspecified atom stereocenters. The van der Waals surface area contributed by atoms with Crippen LogP contribution >= 0.6 is 0 Å². The highest BCUT2D eigenvalue weighted by Gasteiger charge is 2.34. The number of carbonyl (C=O) groups is 2. The summed E-state index contributed by atoms with van der Waals surface area (Å²) in [6, 6.07) is 12.2. The zero-order valence-electron chi connectivity index (χ0n) is 16.2. The number of benzene rings is 2. The van der Waals surface area contributed by atoms with Gasteiger partial charge in [0.1, 0.15) is 5.75 Å². The number of nitrogens with zero attached hydrogens (tertiary/aromatic N) is 1. The second-order valence-electron chi connectivity index (χ2n) is 6.35. The molecule has 7 nitrogen and oxygen atoms in total. The molecule has 1 aliphatic heterocycles. The lowest BCUT2D eigenvalue weighted by Crippen LogP contribution is -2.50. The van der Waals surface area contributed by atoms with Crippen molar-refractivity contribution in [2.45, 2.75) is 19.4 Å². The number of hydrogen-bond acceptors (Lipinski definition) is 5. The minimum absolute atomic E-state index is 0.125. The van der Waals surface area contributed by atoms with E-state index in [1.807, 2.05) is 19.1 Å². The van der Waals surface area contributed by atoms with Crippen molar-refractivity contribution >= 4 is 17.5 Å². The summed E-state index contributed by atoms with van der Waals surface area (Å²) in [5.74, 6) is 1.02. The first-order valence-electron chi connectivity index (χ1n) is 9.16. The van der Waals surface area contributed by atoms with Gasteiger partial charge >= 0.3 is 0 Å². The first-order chi connectivity index (χ1) is 13.6. The van der Waals surface area contributed by atoms with Crippen molar-refractivity contribution in [3.05, 3.63) is 48.0 Å². The zero-order chi connectivity index (χ0) is 20.1. The molecule has 1 atom stereocenters. The monoisotopic (exact) mass is 384 g/mol. The van der Waals surface area contributed by atoms with Crippen molar-refractivity contribution < 1.29 is 23.8 Å². The molecule has 0 aromatic heterocycles. The van der Waals surface area contributed by atoms with E-state index in [0.29, 0.717) is 35.0 Å². The molecule has 0 fully saturated rings. The largest absolute Gasteiger partial charge is 0.493 e. The Morgan fingerprint density at radius 3 is 2.61 bits per heavy atom. The van der Waals surface area contributed by atoms with E-state index in [0.717, 1.165) is 6.42 Å². The minimum Gasteiger partial charge on any atom is -0.493 e. The third-order valence-corrected chi connectivity index (χ3v) is 4.49. The summed E-state index contributed by atoms with van der Waals surface area (Å²) in [7, 11) is 3.06. The number of hydrogen-bond donors (Lipinski definition) is 1. The van der Waals surface area contributed by atoms with Crippen LogP contribution in [0.3, 0.4) is 0 Å². The van der Waals surface area contributed by atoms with Gasteiger partial charge in [0, 0.05) is 12.1 Å². The molecule has 0 bridgehead atoms. The number of rotatable bonds is 6. The highest BCUT2D eigenvalue weighted by Crippen LogP contribution is 2.35. The van der Waals surface area contributed by atoms with Crippen molar-refractivity contribution in [3.63, 3.8) is 0 Å². The summed E-state index contributed by atoms with van der Waals surface area (Å²) in [6.07, 6.45) is 0.0501. The van der Waals surface area contributed by atoms with E-state index in [2.05, 4.69) is 5.32 Å². The molecule has 28 heavy (non-hydrogen) atoms. The van der Waals surface area contributed by atoms with Crippen molar-refractivity contribution in [1.82, 2.24) is 5.32 Å². The molecule has 1 N–H and O–H groups in total. The quantitative estimate of drug-likeness (QED) is 0.829. The SMILES string of the molecule is CCCNC(=O)[C@@H]1CN(C(=O)c2ccc(OC)c(OC)c2)c2ccccc2O1. The van der Waals surface area contributed by atoms with Crippen LogP contribution in [0.5, 0.6) is 17.2 Å². The Bertz CT molecular complexity index is 868. The topological polar surface area (TPSA) is 77.1 Å². The van der Waals surface area contributed by atoms with Gasteiger partial charge in [0.05, 0.1) is 26.5 Å². The number of nitrogens with one attached hydrogen (secondary N) is 1. The molecule has 2 amide bonds. The summed E-state index contributed by atoms with van der Waals surface area (Å²) in [5.41, 5.74) is 1.06. The molecule has 2 aromatic rings. The van der Waals surface area contributed by atoms with E-state index < -0.39 is 6.10 Å². The van der Waals surface area contributed by atoms with Crippen LogP contribution in [-0.2, 0) is 4.79 Å². The molecule has 3 rings (SSSR count). The average molecular weight is 384 g/mol. The number of amides is 2. The van der Waals surface area contributed by atoms with Gasteiger partial charge in [-0.25, -0.2) is 0 Å². The van der Waals surface area contributed by atoms with E-state index in [4.69, 9.17) is 14.2 Å². The predicted molar refractivity (Wildman–Crippen MR) is 105 cm³/mol. The van der Waals surface area contributed by atoms with E-state index in [1.165, 1.54) is 14.2 Å². The minimum atomic E-state index is -0.773. The molecule has 0 saturated heterocycles. The number of methoxy groups -OCH3 is 2. The average Bonchev–Trinajstić information content (AvgIpc) is 2.75. The number of para-hydroxylation sites is 2. The van der Waals surface area contributed by atoms with Crippen LogP contribution in [0.15, 0.2) is 42.5 Å². The first-order valence-corrected chi connectivity index (χ1v) is 9.16. The molecule has 1 heterocycles. The van der Waals surface area contributed by atoms with Crippen LogP contribution in [0.4, 0.5) is 5.69 Å². The van der Waals surface area contributed by atoms with Crippen molar-refractivity contribution in [1.29, 1.82) is 0 Å². The summed E-state index contributed by atoms with van der Waals surface area (Å²) in [4.78, 5) is 27.3. The van der Waals surface area contributed by atoms with Crippen LogP contribution in [0.1, 0.15) is 23.7 Å². The zero-order valence-corrected chi connectivity index (χ0v) is 16.2. The Morgan fingerprint density at radius 1 is 1.14 bits per heavy atom. The Balaban J connectivity index is 1.92. The standard InChI is InChI=1S/C21H24N2O5/c1-4-11-22-20(24)19-13-23(15-7-5-6-8-16(15)28-19)21(25)14-9-10-17(26-2)18(12-14)27-3/h5-10,12,19H,4,11,13H2,1-3H3,(H,22,24)/t19-/m0/s1. The lowest BCUT2D eigenvalue weighted by molar-refractivity contribution is -0.127. The number of anilines is 1. The van der Waals surface area contributed by atoms with Gasteiger partial charge in [-0.1, -0.05) is 19.1 Å². The second kappa shape index (κ2) is 8.65. The van der Waals surface area contributed by atoms with Gasteiger partial charge in [-0.15, -0.1) is 0 Å². The van der Waals surface area contributed by atoms with Crippen LogP contribution in [-0.4, -0.2) is 45.2 Å². The maximum atomic E-state index is 13.3. The first kappa shape index (κ1) is 19.5. The second-order valence-corrected chi connectivity index (χ2v) is 6.35. The molecule has 0 aliphatic carbocycles. The molecular formula is C21H24N2O5. The number of fused-ring (bicyclic) bond motifs is 1. The highest BCUT2D eigenvalue weighted by atomic mass is 16.5. The van der Waals surface area contributed by atoms with Gasteiger partial charge in [0.2, 0.25) is 0 Å². The van der Waals surface area contributed by atoms with Crippen LogP contribution < -0.4 is 24.4 Å². The lowest BCUT2D eigenvalue weighted by Gasteiger charge is -2.34. The van der Waals surface area contributed by atoms with Gasteiger partial charge in [0.25, 0.3) is 11.8 Å². The van der Waals surface area contributed by atoms with Gasteiger partial charge in [-0.05, 0) is 36.8 Å². The number of carbonyl (C=O) groups excluding carboxylic acids is 2. The normalized spacial score (nSPS) is 15.2. The maximum Gasteiger partial charge on any atom is 0.262 e. The Morgan fingerprint density at radius 2 is 1.89 bits per heavy atom. The summed E-state index contributed by atoms with van der Waals surface area (Å²) < 4.78 is 16.4. The fourth-order valence-electron chi connectivity index (χ4n) is 3.05. The fourth-order valence-corrected chi connectivity index (χ4v) is 3.05. The van der Waals surface area contributed by atoms with E-state index >= 15 is 0 Å². The Hall–Kier alpha value is -3.22. The Kier molecular flexibility index (Phi) is 6.03. The van der Waals surface area contributed by atoms with Crippen LogP contribution in [0, 0.1) is 0 Å². The smallest absolute Gasteiger partial charge is 0.262 e. The third-order valence-electron chi connectivity index (χ3n) is 4.49. The molecule has 0 spiro atoms. The number of ether oxygens (including phenoxy) is 3. The van der Waals surface area contributed by atoms with Gasteiger partial charge < -0.3 is 24.4 Å². The van der Waals surface area contributed by atoms with E-state index in [1.54, 1.807) is 35.2 Å². The Labute approximate surface area is 164 Å². The molecular weight excluding hydrogens is 360 g/mol. The molecule has 7 heteroatoms. The summed E-state index contributed by atoms with van der Waals surface area (Å²) in [5, 5.41) is 2.83. The molecule has 1 aliphatic rings. The molecule has 2 aromatic carbocycles. The molecule has 0 radical (unpaired) electrons. The summed E-state index contributed by atoms with van der Waals surface area (Å²) in [6.45, 7) is 2.66. The molecule has 0 saturated carbocycles. The van der Waals surface area contributed by atoms with Gasteiger partial charge in [-0.2, -0.15) is 0 Å². The highest BCUT2D eigenvalue weighted by molar-refractivity contribution is 6.08. The van der Waals surface area contributed by atoms with Crippen molar-refractivity contribution in [3.8, 4) is 17.2 Å².